The van der Waals surface area contributed by atoms with E-state index in [1.807, 2.05) is 9.91 Å². The van der Waals surface area contributed by atoms with Crippen LogP contribution < -0.4 is 10.3 Å². The van der Waals surface area contributed by atoms with Crippen molar-refractivity contribution >= 4 is 34.5 Å². The van der Waals surface area contributed by atoms with Crippen molar-refractivity contribution < 1.29 is 19.2 Å². The molecule has 2 aliphatic rings. The molecule has 180 valence electrons. The molecule has 10 nitrogen and oxygen atoms in total. The molecule has 2 heterocycles. The minimum absolute atomic E-state index is 0.0134. The second kappa shape index (κ2) is 8.82. The van der Waals surface area contributed by atoms with Crippen LogP contribution in [0.1, 0.15) is 34.8 Å². The summed E-state index contributed by atoms with van der Waals surface area (Å²) in [5.74, 6) is -1.89. The zero-order valence-electron chi connectivity index (χ0n) is 18.6. The quantitative estimate of drug-likeness (QED) is 0.327. The number of hydrogen-bond donors (Lipinski definition) is 1. The van der Waals surface area contributed by atoms with Crippen molar-refractivity contribution in [1.82, 2.24) is 9.58 Å². The van der Waals surface area contributed by atoms with Crippen LogP contribution in [0.25, 0.3) is 10.9 Å². The lowest BCUT2D eigenvalue weighted by molar-refractivity contribution is -0.384. The summed E-state index contributed by atoms with van der Waals surface area (Å²) in [7, 11) is 0. The second-order valence-corrected chi connectivity index (χ2v) is 8.67. The van der Waals surface area contributed by atoms with E-state index in [1.54, 1.807) is 29.0 Å². The van der Waals surface area contributed by atoms with Gasteiger partial charge in [0.2, 0.25) is 5.43 Å². The summed E-state index contributed by atoms with van der Waals surface area (Å²) in [4.78, 5) is 36.4. The number of rotatable bonds is 6. The molecule has 3 aromatic rings. The molecule has 5 rings (SSSR count). The average molecular weight is 479 g/mol. The van der Waals surface area contributed by atoms with E-state index in [0.717, 1.165) is 24.5 Å². The van der Waals surface area contributed by atoms with Gasteiger partial charge in [0, 0.05) is 42.8 Å². The van der Waals surface area contributed by atoms with E-state index in [0.29, 0.717) is 37.4 Å². The monoisotopic (exact) mass is 479 g/mol. The number of nitro benzene ring substituents is 1. The number of aromatic carboxylic acids is 1. The number of carboxylic acids is 1. The van der Waals surface area contributed by atoms with E-state index in [1.165, 1.54) is 18.3 Å². The SMILES string of the molecule is O=C(O)c1cn(C2CC2)c2cc(N3CCN(/N=C/c4ccc([N+](=O)[O-])cc4)CC3)c(F)cc2c1=O. The minimum atomic E-state index is -1.32. The van der Waals surface area contributed by atoms with Crippen molar-refractivity contribution in [2.75, 3.05) is 31.1 Å². The number of piperazine rings is 1. The number of fused-ring (bicyclic) bond motifs is 1. The van der Waals surface area contributed by atoms with Crippen LogP contribution in [0.15, 0.2) is 52.5 Å². The van der Waals surface area contributed by atoms with Gasteiger partial charge in [-0.3, -0.25) is 19.9 Å². The Balaban J connectivity index is 1.35. The number of halogens is 1. The first-order chi connectivity index (χ1) is 16.8. The molecule has 2 fully saturated rings. The van der Waals surface area contributed by atoms with Gasteiger partial charge in [0.05, 0.1) is 35.4 Å². The highest BCUT2D eigenvalue weighted by Crippen LogP contribution is 2.38. The number of non-ortho nitro benzene ring substituents is 1. The molecule has 1 saturated heterocycles. The number of pyridine rings is 1. The van der Waals surface area contributed by atoms with Crippen molar-refractivity contribution in [3.63, 3.8) is 0 Å². The molecule has 0 atom stereocenters. The maximum absolute atomic E-state index is 15.1. The molecule has 0 unspecified atom stereocenters. The van der Waals surface area contributed by atoms with Crippen LogP contribution in [0.4, 0.5) is 15.8 Å². The van der Waals surface area contributed by atoms with E-state index in [2.05, 4.69) is 5.10 Å². The topological polar surface area (TPSA) is 121 Å². The van der Waals surface area contributed by atoms with Gasteiger partial charge >= 0.3 is 5.97 Å². The maximum atomic E-state index is 15.1. The third-order valence-corrected chi connectivity index (χ3v) is 6.34. The molecule has 0 radical (unpaired) electrons. The molecular formula is C24H22FN5O5. The Bertz CT molecular complexity index is 1410. The third-order valence-electron chi connectivity index (χ3n) is 6.34. The number of hydrogen-bond acceptors (Lipinski definition) is 7. The van der Waals surface area contributed by atoms with E-state index in [4.69, 9.17) is 0 Å². The standard InChI is InChI=1S/C24H22FN5O5/c25-20-11-18-21(29(16-5-6-16)14-19(23(18)31)24(32)33)12-22(20)27-7-9-28(10-8-27)26-13-15-1-3-17(4-2-15)30(34)35/h1-4,11-14,16H,5-10H2,(H,32,33)/b26-13+. The molecule has 1 aliphatic heterocycles. The van der Waals surface area contributed by atoms with Crippen molar-refractivity contribution in [2.45, 2.75) is 18.9 Å². The zero-order chi connectivity index (χ0) is 24.7. The van der Waals surface area contributed by atoms with Gasteiger partial charge in [0.1, 0.15) is 11.4 Å². The van der Waals surface area contributed by atoms with Crippen LogP contribution in [-0.2, 0) is 0 Å². The molecule has 35 heavy (non-hydrogen) atoms. The van der Waals surface area contributed by atoms with Gasteiger partial charge < -0.3 is 14.6 Å². The maximum Gasteiger partial charge on any atom is 0.341 e. The smallest absolute Gasteiger partial charge is 0.341 e. The largest absolute Gasteiger partial charge is 0.477 e. The molecule has 1 saturated carbocycles. The lowest BCUT2D eigenvalue weighted by atomic mass is 10.1. The number of carboxylic acid groups (broad SMARTS) is 1. The van der Waals surface area contributed by atoms with Crippen molar-refractivity contribution in [2.24, 2.45) is 5.10 Å². The van der Waals surface area contributed by atoms with E-state index in [-0.39, 0.29) is 22.7 Å². The Labute approximate surface area is 198 Å². The number of nitro groups is 1. The normalized spacial score (nSPS) is 16.3. The summed E-state index contributed by atoms with van der Waals surface area (Å²) in [5, 5.41) is 26.5. The zero-order valence-corrected chi connectivity index (χ0v) is 18.6. The number of nitrogens with zero attached hydrogens (tertiary/aromatic N) is 5. The Kier molecular flexibility index (Phi) is 5.67. The van der Waals surface area contributed by atoms with Crippen molar-refractivity contribution in [3.05, 3.63) is 79.9 Å². The van der Waals surface area contributed by atoms with Gasteiger partial charge in [-0.05, 0) is 42.7 Å². The summed E-state index contributed by atoms with van der Waals surface area (Å²) in [6, 6.07) is 8.99. The van der Waals surface area contributed by atoms with E-state index in [9.17, 15) is 24.8 Å². The fraction of sp³-hybridized carbons (Fsp3) is 0.292. The molecule has 0 spiro atoms. The number of benzene rings is 2. The lowest BCUT2D eigenvalue weighted by Crippen LogP contribution is -2.44. The van der Waals surface area contributed by atoms with Gasteiger partial charge in [-0.1, -0.05) is 0 Å². The van der Waals surface area contributed by atoms with E-state index >= 15 is 4.39 Å². The molecule has 11 heteroatoms. The van der Waals surface area contributed by atoms with Crippen LogP contribution in [-0.4, -0.2) is 58.0 Å². The van der Waals surface area contributed by atoms with Gasteiger partial charge in [-0.2, -0.15) is 5.10 Å². The summed E-state index contributed by atoms with van der Waals surface area (Å²) in [6.45, 7) is 2.07. The van der Waals surface area contributed by atoms with Gasteiger partial charge in [-0.15, -0.1) is 0 Å². The highest BCUT2D eigenvalue weighted by atomic mass is 19.1. The first-order valence-electron chi connectivity index (χ1n) is 11.2. The first-order valence-corrected chi connectivity index (χ1v) is 11.2. The predicted molar refractivity (Wildman–Crippen MR) is 128 cm³/mol. The molecule has 2 aromatic carbocycles. The highest BCUT2D eigenvalue weighted by molar-refractivity contribution is 5.93. The van der Waals surface area contributed by atoms with Crippen LogP contribution in [0.5, 0.6) is 0 Å². The number of hydrazone groups is 1. The van der Waals surface area contributed by atoms with Crippen LogP contribution in [0.2, 0.25) is 0 Å². The molecule has 1 aliphatic carbocycles. The molecular weight excluding hydrogens is 457 g/mol. The summed E-state index contributed by atoms with van der Waals surface area (Å²) < 4.78 is 16.9. The lowest BCUT2D eigenvalue weighted by Gasteiger charge is -2.35. The first kappa shape index (κ1) is 22.5. The van der Waals surface area contributed by atoms with Crippen molar-refractivity contribution in [3.8, 4) is 0 Å². The average Bonchev–Trinajstić information content (AvgIpc) is 3.69. The number of aromatic nitrogens is 1. The van der Waals surface area contributed by atoms with Crippen LogP contribution in [0.3, 0.4) is 0 Å². The van der Waals surface area contributed by atoms with Gasteiger partial charge in [-0.25, -0.2) is 9.18 Å². The van der Waals surface area contributed by atoms with Crippen molar-refractivity contribution in [1.29, 1.82) is 0 Å². The van der Waals surface area contributed by atoms with Crippen LogP contribution in [0, 0.1) is 15.9 Å². The Morgan fingerprint density at radius 2 is 1.83 bits per heavy atom. The highest BCUT2D eigenvalue weighted by Gasteiger charge is 2.28. The molecule has 0 bridgehead atoms. The fourth-order valence-electron chi connectivity index (χ4n) is 4.29. The Morgan fingerprint density at radius 1 is 1.14 bits per heavy atom. The summed E-state index contributed by atoms with van der Waals surface area (Å²) in [5.41, 5.74) is 0.624. The minimum Gasteiger partial charge on any atom is -0.477 e. The summed E-state index contributed by atoms with van der Waals surface area (Å²) in [6.07, 6.45) is 4.77. The second-order valence-electron chi connectivity index (χ2n) is 8.67. The Morgan fingerprint density at radius 3 is 2.43 bits per heavy atom. The molecule has 0 amide bonds. The van der Waals surface area contributed by atoms with Gasteiger partial charge in [0.25, 0.3) is 5.69 Å². The summed E-state index contributed by atoms with van der Waals surface area (Å²) >= 11 is 0. The van der Waals surface area contributed by atoms with Gasteiger partial charge in [0.15, 0.2) is 0 Å². The fourth-order valence-corrected chi connectivity index (χ4v) is 4.29. The third kappa shape index (κ3) is 4.44. The van der Waals surface area contributed by atoms with Crippen LogP contribution >= 0.6 is 0 Å². The number of anilines is 1. The Hall–Kier alpha value is -4.28. The number of carbonyl (C=O) groups is 1. The molecule has 1 N–H and O–H groups in total. The van der Waals surface area contributed by atoms with E-state index < -0.39 is 22.1 Å². The molecule has 1 aromatic heterocycles. The predicted octanol–water partition coefficient (Wildman–Crippen LogP) is 3.24.